The first kappa shape index (κ1) is 22.0. The van der Waals surface area contributed by atoms with E-state index in [1.807, 2.05) is 0 Å². The predicted molar refractivity (Wildman–Crippen MR) is 109 cm³/mol. The molecule has 3 N–H and O–H groups in total. The first-order valence-electron chi connectivity index (χ1n) is 10.5. The molecule has 0 bridgehead atoms. The Morgan fingerprint density at radius 1 is 1.22 bits per heavy atom. The highest BCUT2D eigenvalue weighted by molar-refractivity contribution is 5.92. The van der Waals surface area contributed by atoms with Crippen molar-refractivity contribution in [1.82, 2.24) is 30.8 Å². The van der Waals surface area contributed by atoms with Gasteiger partial charge in [0.25, 0.3) is 0 Å². The van der Waals surface area contributed by atoms with E-state index in [1.54, 1.807) is 18.5 Å². The van der Waals surface area contributed by atoms with Crippen LogP contribution in [0, 0.1) is 11.6 Å². The van der Waals surface area contributed by atoms with Crippen molar-refractivity contribution in [3.63, 3.8) is 0 Å². The minimum absolute atomic E-state index is 0.0632. The number of ether oxygens (including phenoxy) is 1. The summed E-state index contributed by atoms with van der Waals surface area (Å²) in [5.74, 6) is -1.30. The summed E-state index contributed by atoms with van der Waals surface area (Å²) < 4.78 is 31.7. The molecule has 2 aliphatic rings. The number of hydrogen-bond donors (Lipinski definition) is 3. The van der Waals surface area contributed by atoms with Crippen LogP contribution in [0.25, 0.3) is 0 Å². The summed E-state index contributed by atoms with van der Waals surface area (Å²) in [7, 11) is 0. The zero-order valence-corrected chi connectivity index (χ0v) is 17.3. The monoisotopic (exact) mass is 446 g/mol. The first-order chi connectivity index (χ1) is 15.5. The van der Waals surface area contributed by atoms with Gasteiger partial charge in [-0.05, 0) is 43.1 Å². The molecule has 9 nitrogen and oxygen atoms in total. The van der Waals surface area contributed by atoms with E-state index >= 15 is 0 Å². The molecular weight excluding hydrogens is 422 g/mol. The number of hydrogen-bond acceptors (Lipinski definition) is 7. The van der Waals surface area contributed by atoms with Crippen molar-refractivity contribution in [2.75, 3.05) is 26.2 Å². The van der Waals surface area contributed by atoms with Crippen molar-refractivity contribution in [3.8, 4) is 0 Å². The normalized spacial score (nSPS) is 23.1. The van der Waals surface area contributed by atoms with E-state index < -0.39 is 29.8 Å². The summed E-state index contributed by atoms with van der Waals surface area (Å²) in [6.45, 7) is 1.48. The molecule has 2 aromatic rings. The zero-order valence-electron chi connectivity index (χ0n) is 17.3. The van der Waals surface area contributed by atoms with E-state index in [9.17, 15) is 18.4 Å². The zero-order chi connectivity index (χ0) is 22.5. The van der Waals surface area contributed by atoms with Gasteiger partial charge in [0.1, 0.15) is 18.5 Å². The van der Waals surface area contributed by atoms with Crippen molar-refractivity contribution in [1.29, 1.82) is 0 Å². The van der Waals surface area contributed by atoms with Gasteiger partial charge >= 0.3 is 12.1 Å². The van der Waals surface area contributed by atoms with Crippen LogP contribution < -0.4 is 16.0 Å². The molecule has 1 aromatic carbocycles. The number of rotatable bonds is 6. The van der Waals surface area contributed by atoms with E-state index in [2.05, 4.69) is 25.9 Å². The average molecular weight is 446 g/mol. The third kappa shape index (κ3) is 5.00. The van der Waals surface area contributed by atoms with Crippen LogP contribution in [0.15, 0.2) is 36.7 Å². The smallest absolute Gasteiger partial charge is 0.418 e. The number of benzene rings is 1. The lowest BCUT2D eigenvalue weighted by atomic mass is 9.99. The van der Waals surface area contributed by atoms with E-state index in [-0.39, 0.29) is 30.8 Å². The number of halogens is 2. The van der Waals surface area contributed by atoms with Crippen LogP contribution >= 0.6 is 0 Å². The molecule has 11 heteroatoms. The molecule has 3 atom stereocenters. The second kappa shape index (κ2) is 9.96. The van der Waals surface area contributed by atoms with Crippen LogP contribution in [0.1, 0.15) is 36.3 Å². The van der Waals surface area contributed by atoms with E-state index in [0.29, 0.717) is 6.54 Å². The summed E-state index contributed by atoms with van der Waals surface area (Å²) in [5.41, 5.74) is 0.284. The Balaban J connectivity index is 1.26. The molecule has 3 amide bonds. The van der Waals surface area contributed by atoms with Crippen molar-refractivity contribution in [2.24, 2.45) is 0 Å². The van der Waals surface area contributed by atoms with Crippen molar-refractivity contribution in [3.05, 3.63) is 59.7 Å². The number of carbonyl (C=O) groups is 2. The molecule has 1 aromatic heterocycles. The molecular formula is C21H24F2N6O3. The van der Waals surface area contributed by atoms with E-state index in [1.165, 1.54) is 6.07 Å². The number of nitrogens with zero attached hydrogens (tertiary/aromatic N) is 3. The van der Waals surface area contributed by atoms with Gasteiger partial charge in [0, 0.05) is 31.5 Å². The average Bonchev–Trinajstić information content (AvgIpc) is 3.20. The maximum atomic E-state index is 13.6. The minimum Gasteiger partial charge on any atom is -0.446 e. The fraction of sp³-hybridized carbons (Fsp3) is 0.429. The van der Waals surface area contributed by atoms with Gasteiger partial charge in [-0.25, -0.2) is 33.2 Å². The van der Waals surface area contributed by atoms with Crippen molar-refractivity contribution < 1.29 is 23.1 Å². The Hall–Kier alpha value is -3.18. The molecule has 3 heterocycles. The Kier molecular flexibility index (Phi) is 6.86. The summed E-state index contributed by atoms with van der Waals surface area (Å²) >= 11 is 0. The lowest BCUT2D eigenvalue weighted by Gasteiger charge is -2.30. The number of urea groups is 1. The lowest BCUT2D eigenvalue weighted by molar-refractivity contribution is 0.158. The second-order valence-corrected chi connectivity index (χ2v) is 7.66. The number of piperidine rings is 1. The fourth-order valence-electron chi connectivity index (χ4n) is 3.93. The largest absolute Gasteiger partial charge is 0.446 e. The Morgan fingerprint density at radius 2 is 2.03 bits per heavy atom. The maximum absolute atomic E-state index is 13.6. The van der Waals surface area contributed by atoms with Crippen LogP contribution in [-0.2, 0) is 4.74 Å². The number of amides is 3. The highest BCUT2D eigenvalue weighted by Gasteiger charge is 2.39. The summed E-state index contributed by atoms with van der Waals surface area (Å²) in [5, 5.41) is 9.48. The maximum Gasteiger partial charge on any atom is 0.418 e. The molecule has 0 radical (unpaired) electrons. The van der Waals surface area contributed by atoms with Gasteiger partial charge in [0.15, 0.2) is 11.6 Å². The molecule has 2 fully saturated rings. The third-order valence-corrected chi connectivity index (χ3v) is 5.56. The minimum atomic E-state index is -1.05. The quantitative estimate of drug-likeness (QED) is 0.583. The first-order valence-corrected chi connectivity index (χ1v) is 10.5. The second-order valence-electron chi connectivity index (χ2n) is 7.66. The fourth-order valence-corrected chi connectivity index (χ4v) is 3.93. The van der Waals surface area contributed by atoms with Gasteiger partial charge in [0.05, 0.1) is 6.04 Å². The number of carbonyl (C=O) groups excluding carboxylic acids is 2. The third-order valence-electron chi connectivity index (χ3n) is 5.56. The Labute approximate surface area is 183 Å². The number of nitrogens with one attached hydrogen (secondary N) is 3. The molecule has 2 saturated heterocycles. The van der Waals surface area contributed by atoms with Gasteiger partial charge in [-0.3, -0.25) is 0 Å². The highest BCUT2D eigenvalue weighted by atomic mass is 19.2. The molecule has 0 spiro atoms. The van der Waals surface area contributed by atoms with E-state index in [4.69, 9.17) is 4.74 Å². The molecule has 0 saturated carbocycles. The van der Waals surface area contributed by atoms with Crippen molar-refractivity contribution in [2.45, 2.75) is 31.0 Å². The molecule has 32 heavy (non-hydrogen) atoms. The summed E-state index contributed by atoms with van der Waals surface area (Å²) in [6.07, 6.45) is 4.35. The number of imide groups is 1. The van der Waals surface area contributed by atoms with Gasteiger partial charge in [-0.15, -0.1) is 0 Å². The Bertz CT molecular complexity index is 964. The molecule has 4 rings (SSSR count). The lowest BCUT2D eigenvalue weighted by Crippen LogP contribution is -2.47. The summed E-state index contributed by atoms with van der Waals surface area (Å²) in [4.78, 5) is 34.1. The van der Waals surface area contributed by atoms with Gasteiger partial charge in [-0.2, -0.15) is 0 Å². The van der Waals surface area contributed by atoms with Crippen molar-refractivity contribution >= 4 is 12.1 Å². The molecule has 0 aliphatic carbocycles. The molecule has 2 unspecified atom stereocenters. The predicted octanol–water partition coefficient (Wildman–Crippen LogP) is 2.04. The SMILES string of the molecule is O=C(NCCNC1CCNC(c2ncccn2)C1)N1C(=O)OC[C@@H]1c1ccc(F)c(F)c1. The topological polar surface area (TPSA) is 108 Å². The van der Waals surface area contributed by atoms with Crippen LogP contribution in [-0.4, -0.2) is 59.3 Å². The summed E-state index contributed by atoms with van der Waals surface area (Å²) in [6, 6.07) is 3.86. The van der Waals surface area contributed by atoms with Crippen LogP contribution in [0.4, 0.5) is 18.4 Å². The van der Waals surface area contributed by atoms with E-state index in [0.717, 1.165) is 42.2 Å². The number of aromatic nitrogens is 2. The van der Waals surface area contributed by atoms with Crippen LogP contribution in [0.5, 0.6) is 0 Å². The molecule has 2 aliphatic heterocycles. The standard InChI is InChI=1S/C21H24F2N6O3/c22-15-3-2-13(10-16(15)23)18-12-32-21(31)29(18)20(30)28-9-8-24-14-4-7-25-17(11-14)19-26-5-1-6-27-19/h1-3,5-6,10,14,17-18,24-25H,4,7-9,11-12H2,(H,28,30)/t14?,17?,18-/m1/s1. The van der Waals surface area contributed by atoms with Gasteiger partial charge in [-0.1, -0.05) is 6.07 Å². The van der Waals surface area contributed by atoms with Crippen LogP contribution in [0.2, 0.25) is 0 Å². The highest BCUT2D eigenvalue weighted by Crippen LogP contribution is 2.28. The Morgan fingerprint density at radius 3 is 2.81 bits per heavy atom. The molecule has 170 valence electrons. The van der Waals surface area contributed by atoms with Gasteiger partial charge < -0.3 is 20.7 Å². The number of cyclic esters (lactones) is 1. The van der Waals surface area contributed by atoms with Crippen LogP contribution in [0.3, 0.4) is 0 Å². The van der Waals surface area contributed by atoms with Gasteiger partial charge in [0.2, 0.25) is 0 Å².